The fourth-order valence-corrected chi connectivity index (χ4v) is 7.12. The van der Waals surface area contributed by atoms with Gasteiger partial charge in [-0.2, -0.15) is 0 Å². The monoisotopic (exact) mass is 514 g/mol. The molecule has 5 heteroatoms. The number of esters is 1. The molecule has 5 nitrogen and oxygen atoms in total. The smallest absolute Gasteiger partial charge is 0.314 e. The molecule has 3 aliphatic carbocycles. The lowest BCUT2D eigenvalue weighted by atomic mass is 9.57. The van der Waals surface area contributed by atoms with Crippen LogP contribution in [0.5, 0.6) is 0 Å². The minimum absolute atomic E-state index is 0.138. The van der Waals surface area contributed by atoms with E-state index in [1.54, 1.807) is 19.9 Å². The van der Waals surface area contributed by atoms with Gasteiger partial charge in [-0.1, -0.05) is 64.2 Å². The summed E-state index contributed by atoms with van der Waals surface area (Å²) in [5.41, 5.74) is 2.17. The number of ether oxygens (including phenoxy) is 1. The van der Waals surface area contributed by atoms with Crippen molar-refractivity contribution in [2.45, 2.75) is 111 Å². The molecule has 0 unspecified atom stereocenters. The SMILES string of the molecule is C=C1/C(=C\C=C2/CCC[C@]3(C)[C@@H](C(C)(C)/C=C/[C@H](O)C(C)(C)C(=O)OCCC)CC[C@@H]23)C[C@@H](O)C[C@@H]1O. The van der Waals surface area contributed by atoms with Crippen LogP contribution in [-0.4, -0.2) is 46.2 Å². The Balaban J connectivity index is 1.77. The number of rotatable bonds is 8. The third kappa shape index (κ3) is 6.32. The maximum Gasteiger partial charge on any atom is 0.314 e. The van der Waals surface area contributed by atoms with Crippen molar-refractivity contribution in [2.75, 3.05) is 6.61 Å². The van der Waals surface area contributed by atoms with E-state index in [4.69, 9.17) is 4.74 Å². The van der Waals surface area contributed by atoms with Crippen molar-refractivity contribution in [3.63, 3.8) is 0 Å². The third-order valence-electron chi connectivity index (χ3n) is 9.54. The summed E-state index contributed by atoms with van der Waals surface area (Å²) >= 11 is 0. The summed E-state index contributed by atoms with van der Waals surface area (Å²) in [4.78, 5) is 12.5. The number of hydrogen-bond acceptors (Lipinski definition) is 5. The van der Waals surface area contributed by atoms with Gasteiger partial charge in [-0.25, -0.2) is 0 Å². The van der Waals surface area contributed by atoms with Crippen molar-refractivity contribution in [1.29, 1.82) is 0 Å². The van der Waals surface area contributed by atoms with E-state index < -0.39 is 23.7 Å². The first kappa shape index (κ1) is 29.9. The number of hydrogen-bond donors (Lipinski definition) is 3. The maximum absolute atomic E-state index is 12.5. The van der Waals surface area contributed by atoms with E-state index in [1.807, 2.05) is 6.92 Å². The van der Waals surface area contributed by atoms with Gasteiger partial charge in [0.15, 0.2) is 0 Å². The van der Waals surface area contributed by atoms with Crippen molar-refractivity contribution in [3.8, 4) is 0 Å². The maximum atomic E-state index is 12.5. The molecule has 0 radical (unpaired) electrons. The van der Waals surface area contributed by atoms with Crippen LogP contribution in [0, 0.1) is 28.1 Å². The first-order chi connectivity index (χ1) is 17.2. The van der Waals surface area contributed by atoms with Crippen LogP contribution < -0.4 is 0 Å². The number of aliphatic hydroxyl groups is 3. The highest BCUT2D eigenvalue weighted by Gasteiger charge is 2.53. The Morgan fingerprint density at radius 2 is 1.92 bits per heavy atom. The summed E-state index contributed by atoms with van der Waals surface area (Å²) in [5, 5.41) is 31.2. The molecule has 3 saturated carbocycles. The molecule has 0 aromatic heterocycles. The number of carbonyl (C=O) groups is 1. The van der Waals surface area contributed by atoms with E-state index in [9.17, 15) is 20.1 Å². The van der Waals surface area contributed by atoms with Crippen molar-refractivity contribution in [2.24, 2.45) is 28.1 Å². The van der Waals surface area contributed by atoms with Crippen LogP contribution >= 0.6 is 0 Å². The van der Waals surface area contributed by atoms with Gasteiger partial charge in [-0.3, -0.25) is 4.79 Å². The molecular formula is C32H50O5. The highest BCUT2D eigenvalue weighted by atomic mass is 16.5. The van der Waals surface area contributed by atoms with E-state index in [-0.39, 0.29) is 16.8 Å². The van der Waals surface area contributed by atoms with Crippen LogP contribution in [0.25, 0.3) is 0 Å². The molecule has 0 bridgehead atoms. The zero-order chi connectivity index (χ0) is 27.6. The van der Waals surface area contributed by atoms with Gasteiger partial charge in [0.25, 0.3) is 0 Å². The van der Waals surface area contributed by atoms with Gasteiger partial charge in [0, 0.05) is 6.42 Å². The molecule has 3 aliphatic rings. The van der Waals surface area contributed by atoms with Gasteiger partial charge in [-0.05, 0) is 92.6 Å². The quantitative estimate of drug-likeness (QED) is 0.271. The van der Waals surface area contributed by atoms with Gasteiger partial charge in [0.1, 0.15) is 0 Å². The second kappa shape index (κ2) is 11.6. The Labute approximate surface area is 224 Å². The minimum atomic E-state index is -0.998. The number of aliphatic hydroxyl groups excluding tert-OH is 3. The highest BCUT2D eigenvalue weighted by molar-refractivity contribution is 5.77. The molecule has 208 valence electrons. The van der Waals surface area contributed by atoms with E-state index >= 15 is 0 Å². The molecular weight excluding hydrogens is 464 g/mol. The van der Waals surface area contributed by atoms with E-state index in [1.165, 1.54) is 12.0 Å². The Bertz CT molecular complexity index is 939. The lowest BCUT2D eigenvalue weighted by Gasteiger charge is -2.47. The predicted octanol–water partition coefficient (Wildman–Crippen LogP) is 6.05. The van der Waals surface area contributed by atoms with Gasteiger partial charge in [0.05, 0.1) is 30.3 Å². The summed E-state index contributed by atoms with van der Waals surface area (Å²) in [6, 6.07) is 0. The fraction of sp³-hybridized carbons (Fsp3) is 0.719. The molecule has 37 heavy (non-hydrogen) atoms. The molecule has 3 fully saturated rings. The molecule has 6 atom stereocenters. The average molecular weight is 515 g/mol. The molecule has 3 rings (SSSR count). The second-order valence-electron chi connectivity index (χ2n) is 13.1. The van der Waals surface area contributed by atoms with Crippen LogP contribution in [0.2, 0.25) is 0 Å². The first-order valence-electron chi connectivity index (χ1n) is 14.2. The van der Waals surface area contributed by atoms with Crippen LogP contribution in [-0.2, 0) is 9.53 Å². The Morgan fingerprint density at radius 1 is 1.22 bits per heavy atom. The molecule has 0 spiro atoms. The molecule has 0 amide bonds. The zero-order valence-electron chi connectivity index (χ0n) is 23.9. The van der Waals surface area contributed by atoms with Gasteiger partial charge in [0.2, 0.25) is 0 Å². The first-order valence-corrected chi connectivity index (χ1v) is 14.2. The largest absolute Gasteiger partial charge is 0.465 e. The van der Waals surface area contributed by atoms with Gasteiger partial charge in [-0.15, -0.1) is 0 Å². The second-order valence-corrected chi connectivity index (χ2v) is 13.1. The van der Waals surface area contributed by atoms with E-state index in [0.717, 1.165) is 43.3 Å². The van der Waals surface area contributed by atoms with Crippen molar-refractivity contribution in [3.05, 3.63) is 47.6 Å². The zero-order valence-corrected chi connectivity index (χ0v) is 23.9. The molecule has 0 saturated heterocycles. The van der Waals surface area contributed by atoms with E-state index in [0.29, 0.717) is 31.3 Å². The van der Waals surface area contributed by atoms with Gasteiger partial charge < -0.3 is 20.1 Å². The average Bonchev–Trinajstić information content (AvgIpc) is 3.20. The number of allylic oxidation sites excluding steroid dienone is 4. The summed E-state index contributed by atoms with van der Waals surface area (Å²) in [7, 11) is 0. The summed E-state index contributed by atoms with van der Waals surface area (Å²) in [5.74, 6) is 0.579. The lowest BCUT2D eigenvalue weighted by molar-refractivity contribution is -0.158. The standard InChI is InChI=1S/C32H50O5/c1-8-18-37-29(36)31(5,6)28(35)15-17-30(3,4)27-14-13-25-22(10-9-16-32(25,27)7)11-12-23-19-24(33)20-26(34)21(23)2/h11-12,15,17,24-28,33-35H,2,8-10,13-14,16,18-20H2,1,3-7H3/b17-15+,22-11+,23-12-/t24-,25+,26+,27-,28+,32+/m1/s1. The van der Waals surface area contributed by atoms with Gasteiger partial charge >= 0.3 is 5.97 Å². The highest BCUT2D eigenvalue weighted by Crippen LogP contribution is 2.62. The lowest BCUT2D eigenvalue weighted by Crippen LogP contribution is -2.40. The van der Waals surface area contributed by atoms with Crippen LogP contribution in [0.3, 0.4) is 0 Å². The summed E-state index contributed by atoms with van der Waals surface area (Å²) in [6.07, 6.45) is 13.5. The van der Waals surface area contributed by atoms with E-state index in [2.05, 4.69) is 45.6 Å². The topological polar surface area (TPSA) is 87.0 Å². The molecule has 3 N–H and O–H groups in total. The van der Waals surface area contributed by atoms with Crippen LogP contribution in [0.15, 0.2) is 47.6 Å². The number of carbonyl (C=O) groups excluding carboxylic acids is 1. The molecule has 0 aromatic carbocycles. The molecule has 0 aliphatic heterocycles. The van der Waals surface area contributed by atoms with Crippen LogP contribution in [0.1, 0.15) is 92.9 Å². The Kier molecular flexibility index (Phi) is 9.35. The van der Waals surface area contributed by atoms with Crippen molar-refractivity contribution >= 4 is 5.97 Å². The predicted molar refractivity (Wildman–Crippen MR) is 149 cm³/mol. The summed E-state index contributed by atoms with van der Waals surface area (Å²) in [6.45, 7) is 16.8. The summed E-state index contributed by atoms with van der Waals surface area (Å²) < 4.78 is 5.32. The third-order valence-corrected chi connectivity index (χ3v) is 9.54. The van der Waals surface area contributed by atoms with Crippen molar-refractivity contribution in [1.82, 2.24) is 0 Å². The fourth-order valence-electron chi connectivity index (χ4n) is 7.12. The normalized spacial score (nSPS) is 34.2. The van der Waals surface area contributed by atoms with Crippen molar-refractivity contribution < 1.29 is 24.9 Å². The van der Waals surface area contributed by atoms with Crippen LogP contribution in [0.4, 0.5) is 0 Å². The Hall–Kier alpha value is -1.69. The Morgan fingerprint density at radius 3 is 2.59 bits per heavy atom. The molecule has 0 aromatic rings. The molecule has 0 heterocycles. The minimum Gasteiger partial charge on any atom is -0.465 e. The number of fused-ring (bicyclic) bond motifs is 1.